The van der Waals surface area contributed by atoms with Gasteiger partial charge in [-0.25, -0.2) is 9.18 Å². The monoisotopic (exact) mass is 328 g/mol. The molecule has 2 aromatic carbocycles. The van der Waals surface area contributed by atoms with Gasteiger partial charge in [0.2, 0.25) is 0 Å². The number of carbonyl (C=O) groups excluding carboxylic acids is 1. The number of anilines is 1. The van der Waals surface area contributed by atoms with Crippen LogP contribution < -0.4 is 15.4 Å². The molecule has 2 aromatic rings. The number of amides is 2. The molecule has 0 heterocycles. The molecular weight excluding hydrogens is 307 g/mol. The second kappa shape index (κ2) is 7.81. The van der Waals surface area contributed by atoms with Crippen molar-refractivity contribution in [2.45, 2.75) is 37.8 Å². The van der Waals surface area contributed by atoms with Crippen LogP contribution in [0.1, 0.15) is 25.7 Å². The molecule has 5 heteroatoms. The Bertz CT molecular complexity index is 653. The lowest BCUT2D eigenvalue weighted by Crippen LogP contribution is -2.41. The minimum Gasteiger partial charge on any atom is -0.490 e. The van der Waals surface area contributed by atoms with Gasteiger partial charge in [0.25, 0.3) is 0 Å². The van der Waals surface area contributed by atoms with E-state index in [9.17, 15) is 9.18 Å². The Balaban J connectivity index is 1.41. The molecule has 0 saturated heterocycles. The fourth-order valence-electron chi connectivity index (χ4n) is 2.90. The fraction of sp³-hybridized carbons (Fsp3) is 0.316. The summed E-state index contributed by atoms with van der Waals surface area (Å²) in [5, 5.41) is 5.83. The summed E-state index contributed by atoms with van der Waals surface area (Å²) in [6, 6.07) is 15.4. The topological polar surface area (TPSA) is 50.4 Å². The van der Waals surface area contributed by atoms with Crippen LogP contribution in [0.15, 0.2) is 54.6 Å². The van der Waals surface area contributed by atoms with E-state index in [1.807, 2.05) is 30.3 Å². The second-order valence-electron chi connectivity index (χ2n) is 6.01. The van der Waals surface area contributed by atoms with E-state index in [1.165, 1.54) is 12.1 Å². The zero-order valence-corrected chi connectivity index (χ0v) is 13.4. The Morgan fingerprint density at radius 2 is 1.62 bits per heavy atom. The van der Waals surface area contributed by atoms with Gasteiger partial charge in [-0.1, -0.05) is 18.2 Å². The van der Waals surface area contributed by atoms with Gasteiger partial charge >= 0.3 is 6.03 Å². The van der Waals surface area contributed by atoms with Gasteiger partial charge in [-0.2, -0.15) is 0 Å². The third kappa shape index (κ3) is 4.72. The Kier molecular flexibility index (Phi) is 5.31. The largest absolute Gasteiger partial charge is 0.490 e. The smallest absolute Gasteiger partial charge is 0.319 e. The maximum Gasteiger partial charge on any atom is 0.319 e. The van der Waals surface area contributed by atoms with Gasteiger partial charge in [0.15, 0.2) is 0 Å². The third-order valence-electron chi connectivity index (χ3n) is 4.16. The normalized spacial score (nSPS) is 20.2. The highest BCUT2D eigenvalue weighted by Crippen LogP contribution is 2.24. The average Bonchev–Trinajstić information content (AvgIpc) is 2.59. The molecular formula is C19H21FN2O2. The first kappa shape index (κ1) is 16.3. The summed E-state index contributed by atoms with van der Waals surface area (Å²) >= 11 is 0. The second-order valence-corrected chi connectivity index (χ2v) is 6.01. The summed E-state index contributed by atoms with van der Waals surface area (Å²) in [5.41, 5.74) is 0.781. The molecule has 1 aliphatic rings. The molecule has 4 nitrogen and oxygen atoms in total. The van der Waals surface area contributed by atoms with Crippen LogP contribution in [0.4, 0.5) is 14.9 Å². The van der Waals surface area contributed by atoms with Crippen molar-refractivity contribution in [3.05, 3.63) is 60.4 Å². The number of hydrogen-bond acceptors (Lipinski definition) is 2. The van der Waals surface area contributed by atoms with E-state index in [0.717, 1.165) is 31.4 Å². The number of urea groups is 1. The van der Waals surface area contributed by atoms with Gasteiger partial charge < -0.3 is 15.4 Å². The van der Waals surface area contributed by atoms with Crippen LogP contribution in [0.25, 0.3) is 0 Å². The van der Waals surface area contributed by atoms with Gasteiger partial charge in [-0.15, -0.1) is 0 Å². The highest BCUT2D eigenvalue weighted by Gasteiger charge is 2.23. The number of rotatable bonds is 4. The SMILES string of the molecule is O=C(Nc1ccccc1)NC1CCC(Oc2ccc(F)cc2)CC1. The molecule has 24 heavy (non-hydrogen) atoms. The summed E-state index contributed by atoms with van der Waals surface area (Å²) in [4.78, 5) is 12.0. The van der Waals surface area contributed by atoms with Gasteiger partial charge in [0.1, 0.15) is 11.6 Å². The first-order valence-electron chi connectivity index (χ1n) is 8.24. The van der Waals surface area contributed by atoms with Crippen LogP contribution in [0.5, 0.6) is 5.75 Å². The summed E-state index contributed by atoms with van der Waals surface area (Å²) in [6.07, 6.45) is 3.59. The van der Waals surface area contributed by atoms with Crippen LogP contribution in [-0.4, -0.2) is 18.2 Å². The van der Waals surface area contributed by atoms with Crippen molar-refractivity contribution in [1.82, 2.24) is 5.32 Å². The number of nitrogens with one attached hydrogen (secondary N) is 2. The first-order valence-corrected chi connectivity index (χ1v) is 8.24. The van der Waals surface area contributed by atoms with Crippen LogP contribution >= 0.6 is 0 Å². The summed E-state index contributed by atoms with van der Waals surface area (Å²) in [7, 11) is 0. The number of ether oxygens (including phenoxy) is 1. The van der Waals surface area contributed by atoms with Crippen LogP contribution in [0, 0.1) is 5.82 Å². The van der Waals surface area contributed by atoms with Crippen molar-refractivity contribution in [2.75, 3.05) is 5.32 Å². The van der Waals surface area contributed by atoms with Crippen molar-refractivity contribution in [3.8, 4) is 5.75 Å². The Morgan fingerprint density at radius 1 is 0.958 bits per heavy atom. The lowest BCUT2D eigenvalue weighted by molar-refractivity contribution is 0.141. The maximum atomic E-state index is 12.9. The molecule has 0 atom stereocenters. The molecule has 2 amide bonds. The van der Waals surface area contributed by atoms with Crippen LogP contribution in [-0.2, 0) is 0 Å². The molecule has 0 radical (unpaired) electrons. The van der Waals surface area contributed by atoms with E-state index in [-0.39, 0.29) is 24.0 Å². The lowest BCUT2D eigenvalue weighted by atomic mass is 9.93. The highest BCUT2D eigenvalue weighted by molar-refractivity contribution is 5.89. The third-order valence-corrected chi connectivity index (χ3v) is 4.16. The van der Waals surface area contributed by atoms with E-state index in [4.69, 9.17) is 4.74 Å². The molecule has 0 bridgehead atoms. The van der Waals surface area contributed by atoms with Crippen molar-refractivity contribution >= 4 is 11.7 Å². The fourth-order valence-corrected chi connectivity index (χ4v) is 2.90. The molecule has 1 aliphatic carbocycles. The Labute approximate surface area is 141 Å². The average molecular weight is 328 g/mol. The van der Waals surface area contributed by atoms with Crippen LogP contribution in [0.2, 0.25) is 0 Å². The molecule has 0 spiro atoms. The first-order chi connectivity index (χ1) is 11.7. The minimum atomic E-state index is -0.264. The molecule has 126 valence electrons. The minimum absolute atomic E-state index is 0.116. The Morgan fingerprint density at radius 3 is 2.29 bits per heavy atom. The van der Waals surface area contributed by atoms with Crippen molar-refractivity contribution in [2.24, 2.45) is 0 Å². The number of carbonyl (C=O) groups is 1. The van der Waals surface area contributed by atoms with Gasteiger partial charge in [-0.3, -0.25) is 0 Å². The zero-order valence-electron chi connectivity index (χ0n) is 13.4. The summed E-state index contributed by atoms with van der Waals surface area (Å²) < 4.78 is 18.8. The molecule has 0 aliphatic heterocycles. The molecule has 0 unspecified atom stereocenters. The molecule has 1 fully saturated rings. The van der Waals surface area contributed by atoms with Gasteiger partial charge in [-0.05, 0) is 62.1 Å². The maximum absolute atomic E-state index is 12.9. The van der Waals surface area contributed by atoms with Crippen molar-refractivity contribution in [3.63, 3.8) is 0 Å². The molecule has 0 aromatic heterocycles. The zero-order chi connectivity index (χ0) is 16.8. The van der Waals surface area contributed by atoms with Gasteiger partial charge in [0.05, 0.1) is 6.10 Å². The van der Waals surface area contributed by atoms with Crippen molar-refractivity contribution in [1.29, 1.82) is 0 Å². The number of para-hydroxylation sites is 1. The van der Waals surface area contributed by atoms with Crippen molar-refractivity contribution < 1.29 is 13.9 Å². The summed E-state index contributed by atoms with van der Waals surface area (Å²) in [5.74, 6) is 0.425. The van der Waals surface area contributed by atoms with Crippen LogP contribution in [0.3, 0.4) is 0 Å². The summed E-state index contributed by atoms with van der Waals surface area (Å²) in [6.45, 7) is 0. The standard InChI is InChI=1S/C19H21FN2O2/c20-14-6-10-17(11-7-14)24-18-12-8-16(9-13-18)22-19(23)21-15-4-2-1-3-5-15/h1-7,10-11,16,18H,8-9,12-13H2,(H2,21,22,23). The van der Waals surface area contributed by atoms with E-state index in [1.54, 1.807) is 12.1 Å². The van der Waals surface area contributed by atoms with E-state index in [0.29, 0.717) is 5.75 Å². The highest BCUT2D eigenvalue weighted by atomic mass is 19.1. The molecule has 1 saturated carbocycles. The number of hydrogen-bond donors (Lipinski definition) is 2. The molecule has 3 rings (SSSR count). The predicted octanol–water partition coefficient (Wildman–Crippen LogP) is 4.34. The van der Waals surface area contributed by atoms with E-state index in [2.05, 4.69) is 10.6 Å². The number of halogens is 1. The van der Waals surface area contributed by atoms with Gasteiger partial charge in [0, 0.05) is 11.7 Å². The molecule has 2 N–H and O–H groups in total. The lowest BCUT2D eigenvalue weighted by Gasteiger charge is -2.29. The van der Waals surface area contributed by atoms with E-state index >= 15 is 0 Å². The van der Waals surface area contributed by atoms with E-state index < -0.39 is 0 Å². The quantitative estimate of drug-likeness (QED) is 0.877. The number of benzene rings is 2. The Hall–Kier alpha value is -2.56. The predicted molar refractivity (Wildman–Crippen MR) is 91.7 cm³/mol.